The summed E-state index contributed by atoms with van der Waals surface area (Å²) in [6, 6.07) is 0. The minimum absolute atomic E-state index is 0.788. The monoisotopic (exact) mass is 270 g/mol. The lowest BCUT2D eigenvalue weighted by molar-refractivity contribution is 0.0702. The van der Waals surface area contributed by atoms with Gasteiger partial charge >= 0.3 is 0 Å². The van der Waals surface area contributed by atoms with E-state index in [2.05, 4.69) is 37.5 Å². The predicted octanol–water partition coefficient (Wildman–Crippen LogP) is 2.71. The Hall–Kier alpha value is -0.120. The van der Waals surface area contributed by atoms with Crippen LogP contribution >= 0.6 is 0 Å². The Morgan fingerprint density at radius 3 is 2.05 bits per heavy atom. The van der Waals surface area contributed by atoms with Crippen molar-refractivity contribution < 1.29 is 4.74 Å². The summed E-state index contributed by atoms with van der Waals surface area (Å²) in [5.41, 5.74) is 0. The highest BCUT2D eigenvalue weighted by atomic mass is 16.5. The lowest BCUT2D eigenvalue weighted by atomic mass is 10.1. The maximum Gasteiger partial charge on any atom is 0.0593 e. The summed E-state index contributed by atoms with van der Waals surface area (Å²) in [4.78, 5) is 5.13. The van der Waals surface area contributed by atoms with Crippen molar-refractivity contribution in [3.8, 4) is 0 Å². The van der Waals surface area contributed by atoms with Gasteiger partial charge in [0.05, 0.1) is 6.61 Å². The van der Waals surface area contributed by atoms with Crippen LogP contribution in [0, 0.1) is 11.8 Å². The average molecular weight is 270 g/mol. The molecular formula is C16H34N2O. The van der Waals surface area contributed by atoms with Crippen molar-refractivity contribution in [1.82, 2.24) is 9.80 Å². The van der Waals surface area contributed by atoms with E-state index >= 15 is 0 Å². The summed E-state index contributed by atoms with van der Waals surface area (Å²) in [5.74, 6) is 1.59. The molecule has 3 heteroatoms. The quantitative estimate of drug-likeness (QED) is 0.599. The van der Waals surface area contributed by atoms with E-state index in [0.717, 1.165) is 31.6 Å². The predicted molar refractivity (Wildman–Crippen MR) is 82.6 cm³/mol. The van der Waals surface area contributed by atoms with Gasteiger partial charge in [0.15, 0.2) is 0 Å². The molecule has 1 rings (SSSR count). The number of rotatable bonds is 9. The van der Waals surface area contributed by atoms with E-state index in [1.165, 1.54) is 45.6 Å². The SMILES string of the molecule is CC(C)CCCOCCN1CCN(CC(C)C)CC1. The van der Waals surface area contributed by atoms with Gasteiger partial charge in [0, 0.05) is 45.9 Å². The Bertz CT molecular complexity index is 211. The summed E-state index contributed by atoms with van der Waals surface area (Å²) in [6.07, 6.45) is 2.49. The molecule has 1 aliphatic rings. The summed E-state index contributed by atoms with van der Waals surface area (Å²) in [5, 5.41) is 0. The van der Waals surface area contributed by atoms with Gasteiger partial charge in [-0.3, -0.25) is 4.90 Å². The zero-order valence-corrected chi connectivity index (χ0v) is 13.5. The van der Waals surface area contributed by atoms with Crippen molar-refractivity contribution in [3.63, 3.8) is 0 Å². The molecule has 3 nitrogen and oxygen atoms in total. The summed E-state index contributed by atoms with van der Waals surface area (Å²) >= 11 is 0. The van der Waals surface area contributed by atoms with E-state index < -0.39 is 0 Å². The highest BCUT2D eigenvalue weighted by Gasteiger charge is 2.16. The highest BCUT2D eigenvalue weighted by Crippen LogP contribution is 2.06. The van der Waals surface area contributed by atoms with Crippen molar-refractivity contribution >= 4 is 0 Å². The summed E-state index contributed by atoms with van der Waals surface area (Å²) in [6.45, 7) is 18.2. The fourth-order valence-electron chi connectivity index (χ4n) is 2.60. The maximum atomic E-state index is 5.72. The first-order valence-corrected chi connectivity index (χ1v) is 8.10. The molecule has 0 aromatic carbocycles. The summed E-state index contributed by atoms with van der Waals surface area (Å²) < 4.78 is 5.72. The molecule has 0 spiro atoms. The Morgan fingerprint density at radius 2 is 1.47 bits per heavy atom. The van der Waals surface area contributed by atoms with Crippen LogP contribution in [-0.2, 0) is 4.74 Å². The molecule has 0 bridgehead atoms. The van der Waals surface area contributed by atoms with Crippen LogP contribution in [0.15, 0.2) is 0 Å². The average Bonchev–Trinajstić information content (AvgIpc) is 2.34. The number of ether oxygens (including phenoxy) is 1. The van der Waals surface area contributed by atoms with Gasteiger partial charge in [0.25, 0.3) is 0 Å². The summed E-state index contributed by atoms with van der Waals surface area (Å²) in [7, 11) is 0. The molecule has 0 unspecified atom stereocenters. The number of piperazine rings is 1. The minimum atomic E-state index is 0.788. The molecule has 0 atom stereocenters. The first-order chi connectivity index (χ1) is 9.08. The van der Waals surface area contributed by atoms with Gasteiger partial charge in [-0.15, -0.1) is 0 Å². The minimum Gasteiger partial charge on any atom is -0.380 e. The zero-order chi connectivity index (χ0) is 14.1. The van der Waals surface area contributed by atoms with Crippen molar-refractivity contribution in [2.45, 2.75) is 40.5 Å². The van der Waals surface area contributed by atoms with Crippen molar-refractivity contribution in [3.05, 3.63) is 0 Å². The van der Waals surface area contributed by atoms with Crippen LogP contribution in [-0.4, -0.2) is 62.3 Å². The fourth-order valence-corrected chi connectivity index (χ4v) is 2.60. The Morgan fingerprint density at radius 1 is 0.842 bits per heavy atom. The first-order valence-electron chi connectivity index (χ1n) is 8.10. The van der Waals surface area contributed by atoms with Gasteiger partial charge in [-0.1, -0.05) is 27.7 Å². The van der Waals surface area contributed by atoms with Crippen LogP contribution in [0.25, 0.3) is 0 Å². The van der Waals surface area contributed by atoms with E-state index in [0.29, 0.717) is 0 Å². The molecule has 1 aliphatic heterocycles. The molecule has 0 saturated carbocycles. The third kappa shape index (κ3) is 8.61. The molecule has 0 amide bonds. The van der Waals surface area contributed by atoms with Gasteiger partial charge in [-0.05, 0) is 24.7 Å². The molecule has 0 N–H and O–H groups in total. The molecule has 19 heavy (non-hydrogen) atoms. The van der Waals surface area contributed by atoms with Gasteiger partial charge in [-0.25, -0.2) is 0 Å². The van der Waals surface area contributed by atoms with Crippen molar-refractivity contribution in [1.29, 1.82) is 0 Å². The van der Waals surface area contributed by atoms with E-state index in [4.69, 9.17) is 4.74 Å². The molecule has 0 radical (unpaired) electrons. The van der Waals surface area contributed by atoms with Crippen LogP contribution < -0.4 is 0 Å². The largest absolute Gasteiger partial charge is 0.380 e. The second kappa shape index (κ2) is 9.73. The van der Waals surface area contributed by atoms with Crippen molar-refractivity contribution in [2.24, 2.45) is 11.8 Å². The second-order valence-electron chi connectivity index (χ2n) is 6.68. The molecule has 1 fully saturated rings. The number of hydrogen-bond acceptors (Lipinski definition) is 3. The second-order valence-corrected chi connectivity index (χ2v) is 6.68. The maximum absolute atomic E-state index is 5.72. The van der Waals surface area contributed by atoms with Crippen LogP contribution in [0.2, 0.25) is 0 Å². The third-order valence-corrected chi connectivity index (χ3v) is 3.71. The van der Waals surface area contributed by atoms with E-state index in [1.807, 2.05) is 0 Å². The van der Waals surface area contributed by atoms with Gasteiger partial charge in [-0.2, -0.15) is 0 Å². The molecule has 114 valence electrons. The first kappa shape index (κ1) is 16.9. The smallest absolute Gasteiger partial charge is 0.0593 e. The van der Waals surface area contributed by atoms with Gasteiger partial charge in [0.2, 0.25) is 0 Å². The van der Waals surface area contributed by atoms with Gasteiger partial charge < -0.3 is 9.64 Å². The van der Waals surface area contributed by atoms with Crippen LogP contribution in [0.4, 0.5) is 0 Å². The van der Waals surface area contributed by atoms with Crippen molar-refractivity contribution in [2.75, 3.05) is 52.5 Å². The van der Waals surface area contributed by atoms with Gasteiger partial charge in [0.1, 0.15) is 0 Å². The van der Waals surface area contributed by atoms with Crippen LogP contribution in [0.5, 0.6) is 0 Å². The molecule has 1 heterocycles. The van der Waals surface area contributed by atoms with E-state index in [9.17, 15) is 0 Å². The van der Waals surface area contributed by atoms with E-state index in [1.54, 1.807) is 0 Å². The normalized spacial score (nSPS) is 18.6. The van der Waals surface area contributed by atoms with E-state index in [-0.39, 0.29) is 0 Å². The zero-order valence-electron chi connectivity index (χ0n) is 13.5. The fraction of sp³-hybridized carbons (Fsp3) is 1.00. The Balaban J connectivity index is 1.95. The lowest BCUT2D eigenvalue weighted by Gasteiger charge is -2.35. The highest BCUT2D eigenvalue weighted by molar-refractivity contribution is 4.72. The third-order valence-electron chi connectivity index (χ3n) is 3.71. The molecule has 0 aromatic heterocycles. The topological polar surface area (TPSA) is 15.7 Å². The lowest BCUT2D eigenvalue weighted by Crippen LogP contribution is -2.48. The molecule has 0 aromatic rings. The van der Waals surface area contributed by atoms with Crippen LogP contribution in [0.3, 0.4) is 0 Å². The molecule has 1 saturated heterocycles. The molecule has 0 aliphatic carbocycles. The number of nitrogens with zero attached hydrogens (tertiary/aromatic N) is 2. The Kier molecular flexibility index (Phi) is 8.67. The number of hydrogen-bond donors (Lipinski definition) is 0. The Labute approximate surface area is 120 Å². The standard InChI is InChI=1S/C16H34N2O/c1-15(2)6-5-12-19-13-11-17-7-9-18(10-8-17)14-16(3)4/h15-16H,5-14H2,1-4H3. The van der Waals surface area contributed by atoms with Crippen LogP contribution in [0.1, 0.15) is 40.5 Å². The molecular weight excluding hydrogens is 236 g/mol.